The minimum atomic E-state index is -2.82. The van der Waals surface area contributed by atoms with Gasteiger partial charge in [0, 0.05) is 51.2 Å². The molecule has 4 aliphatic rings. The second-order valence-corrected chi connectivity index (χ2v) is 16.3. The van der Waals surface area contributed by atoms with Crippen LogP contribution in [0.1, 0.15) is 73.9 Å². The summed E-state index contributed by atoms with van der Waals surface area (Å²) < 4.78 is 22.8. The molecule has 1 unspecified atom stereocenters. The second-order valence-electron chi connectivity index (χ2n) is 13.7. The Hall–Kier alpha value is -2.22. The molecule has 2 aromatic rings. The summed E-state index contributed by atoms with van der Waals surface area (Å²) in [6, 6.07) is 11.9. The van der Waals surface area contributed by atoms with Crippen LogP contribution in [-0.4, -0.2) is 53.1 Å². The number of nitrogens with zero attached hydrogens (tertiary/aromatic N) is 1. The lowest BCUT2D eigenvalue weighted by atomic mass is 9.65. The number of aliphatic hydroxyl groups is 1. The van der Waals surface area contributed by atoms with Crippen molar-refractivity contribution in [1.29, 1.82) is 0 Å². The van der Waals surface area contributed by atoms with Crippen LogP contribution in [0, 0.1) is 29.6 Å². The smallest absolute Gasteiger partial charge is 0.262 e. The molecule has 2 aromatic carbocycles. The van der Waals surface area contributed by atoms with Gasteiger partial charge in [0.15, 0.2) is 0 Å². The lowest BCUT2D eigenvalue weighted by Crippen LogP contribution is -2.49. The molecular weight excluding hydrogens is 568 g/mol. The van der Waals surface area contributed by atoms with E-state index in [-0.39, 0.29) is 29.8 Å². The van der Waals surface area contributed by atoms with Crippen molar-refractivity contribution in [3.63, 3.8) is 0 Å². The van der Waals surface area contributed by atoms with E-state index in [1.807, 2.05) is 18.2 Å². The van der Waals surface area contributed by atoms with E-state index in [4.69, 9.17) is 16.3 Å². The third kappa shape index (κ3) is 5.81. The first-order chi connectivity index (χ1) is 20.1. The van der Waals surface area contributed by atoms with Gasteiger partial charge >= 0.3 is 0 Å². The Morgan fingerprint density at radius 1 is 1.14 bits per heavy atom. The summed E-state index contributed by atoms with van der Waals surface area (Å²) in [4.78, 5) is 15.9. The van der Waals surface area contributed by atoms with Crippen LogP contribution in [0.25, 0.3) is 0 Å². The van der Waals surface area contributed by atoms with Crippen molar-refractivity contribution in [3.05, 3.63) is 58.1 Å². The van der Waals surface area contributed by atoms with Crippen molar-refractivity contribution in [2.45, 2.75) is 64.2 Å². The molecule has 1 spiro atoms. The SMILES string of the molecule is C=S1(=O)C[C@@H](C)[C@@H](C)CC[C@@H](CO)[C@@H]2CC[C@H]2CN2C[C@@]3(CCCc4cc(Cl)ccc43)COc3ccc(cc32)C(=O)N1. The van der Waals surface area contributed by atoms with Crippen LogP contribution in [0.5, 0.6) is 5.75 Å². The van der Waals surface area contributed by atoms with Gasteiger partial charge in [-0.2, -0.15) is 0 Å². The number of fused-ring (bicyclic) bond motifs is 4. The number of carbonyl (C=O) groups is 1. The second kappa shape index (κ2) is 11.7. The fourth-order valence-corrected chi connectivity index (χ4v) is 9.95. The molecular formula is C34H45ClN2O4S. The highest BCUT2D eigenvalue weighted by Gasteiger charge is 2.44. The van der Waals surface area contributed by atoms with Gasteiger partial charge in [0.05, 0.1) is 12.3 Å². The first-order valence-electron chi connectivity index (χ1n) is 15.7. The molecule has 2 aliphatic heterocycles. The number of benzene rings is 2. The van der Waals surface area contributed by atoms with Crippen molar-refractivity contribution in [3.8, 4) is 5.75 Å². The molecule has 1 amide bonds. The Bertz CT molecular complexity index is 1450. The summed E-state index contributed by atoms with van der Waals surface area (Å²) in [6.07, 6.45) is 7.30. The number of hydrogen-bond acceptors (Lipinski definition) is 5. The highest BCUT2D eigenvalue weighted by molar-refractivity contribution is 7.99. The summed E-state index contributed by atoms with van der Waals surface area (Å²) in [5.41, 5.74) is 3.80. The molecule has 2 bridgehead atoms. The molecule has 1 fully saturated rings. The van der Waals surface area contributed by atoms with Gasteiger partial charge in [-0.05, 0) is 115 Å². The van der Waals surface area contributed by atoms with Crippen molar-refractivity contribution < 1.29 is 18.8 Å². The number of ether oxygens (including phenoxy) is 1. The average Bonchev–Trinajstić information content (AvgIpc) is 3.08. The zero-order chi connectivity index (χ0) is 29.6. The number of aliphatic hydroxyl groups excluding tert-OH is 1. The first kappa shape index (κ1) is 29.8. The van der Waals surface area contributed by atoms with Crippen LogP contribution in [0.4, 0.5) is 5.69 Å². The van der Waals surface area contributed by atoms with Crippen LogP contribution in [0.3, 0.4) is 0 Å². The van der Waals surface area contributed by atoms with Gasteiger partial charge in [-0.25, -0.2) is 4.21 Å². The third-order valence-corrected chi connectivity index (χ3v) is 12.7. The highest BCUT2D eigenvalue weighted by Crippen LogP contribution is 2.48. The van der Waals surface area contributed by atoms with E-state index >= 15 is 0 Å². The van der Waals surface area contributed by atoms with E-state index in [9.17, 15) is 14.1 Å². The van der Waals surface area contributed by atoms with Crippen molar-refractivity contribution in [2.75, 3.05) is 37.0 Å². The number of halogens is 1. The van der Waals surface area contributed by atoms with Gasteiger partial charge in [-0.3, -0.25) is 9.52 Å². The molecule has 6 rings (SSSR count). The summed E-state index contributed by atoms with van der Waals surface area (Å²) in [5.74, 6) is 6.35. The van der Waals surface area contributed by atoms with Gasteiger partial charge in [-0.15, -0.1) is 0 Å². The topological polar surface area (TPSA) is 78.9 Å². The van der Waals surface area contributed by atoms with Crippen LogP contribution < -0.4 is 14.4 Å². The van der Waals surface area contributed by atoms with E-state index in [1.165, 1.54) is 11.1 Å². The largest absolute Gasteiger partial charge is 0.490 e. The third-order valence-electron chi connectivity index (χ3n) is 10.8. The quantitative estimate of drug-likeness (QED) is 0.394. The van der Waals surface area contributed by atoms with Gasteiger partial charge in [0.2, 0.25) is 0 Å². The van der Waals surface area contributed by atoms with Gasteiger partial charge < -0.3 is 14.7 Å². The molecule has 8 heteroatoms. The van der Waals surface area contributed by atoms with E-state index in [1.54, 1.807) is 6.07 Å². The predicted octanol–water partition coefficient (Wildman–Crippen LogP) is 5.88. The average molecular weight is 613 g/mol. The Balaban J connectivity index is 1.41. The maximum atomic E-state index is 13.5. The number of amides is 1. The molecule has 7 atom stereocenters. The maximum Gasteiger partial charge on any atom is 0.262 e. The summed E-state index contributed by atoms with van der Waals surface area (Å²) in [6.45, 7) is 6.68. The summed E-state index contributed by atoms with van der Waals surface area (Å²) >= 11 is 6.42. The van der Waals surface area contributed by atoms with Gasteiger partial charge in [0.1, 0.15) is 5.75 Å². The predicted molar refractivity (Wildman–Crippen MR) is 172 cm³/mol. The van der Waals surface area contributed by atoms with Crippen LogP contribution in [-0.2, 0) is 21.5 Å². The number of rotatable bonds is 1. The standard InChI is InChI=1S/C34H45ClN2O4S/c1-22-6-7-27(18-38)29-11-8-26(29)17-37-20-34(14-4-5-24-15-28(35)10-12-30(24)34)21-41-32-13-9-25(16-31(32)37)33(39)36-42(3,40)19-23(22)2/h9-10,12-13,15-16,22-23,26-27,29,38H,3-8,11,14,17-21H2,1-2H3,(H,36,39,40)/t22-,23+,26-,27-,29+,34-,42?/m0/s1. The fraction of sp³-hybridized carbons (Fsp3) is 0.588. The minimum Gasteiger partial charge on any atom is -0.490 e. The van der Waals surface area contributed by atoms with Crippen LogP contribution in [0.2, 0.25) is 5.02 Å². The molecule has 0 radical (unpaired) electrons. The Morgan fingerprint density at radius 3 is 2.74 bits per heavy atom. The Labute approximate surface area is 256 Å². The lowest BCUT2D eigenvalue weighted by molar-refractivity contribution is 0.0543. The number of nitrogens with one attached hydrogen (secondary N) is 1. The lowest BCUT2D eigenvalue weighted by Gasteiger charge is -2.46. The molecule has 2 aliphatic carbocycles. The molecule has 6 nitrogen and oxygen atoms in total. The Kier molecular flexibility index (Phi) is 8.31. The van der Waals surface area contributed by atoms with Crippen molar-refractivity contribution in [2.24, 2.45) is 29.6 Å². The molecule has 42 heavy (non-hydrogen) atoms. The van der Waals surface area contributed by atoms with E-state index in [2.05, 4.69) is 41.5 Å². The monoisotopic (exact) mass is 612 g/mol. The molecule has 228 valence electrons. The minimum absolute atomic E-state index is 0.139. The van der Waals surface area contributed by atoms with E-state index < -0.39 is 9.71 Å². The normalized spacial score (nSPS) is 35.2. The van der Waals surface area contributed by atoms with Crippen LogP contribution >= 0.6 is 11.6 Å². The Morgan fingerprint density at radius 2 is 1.98 bits per heavy atom. The zero-order valence-electron chi connectivity index (χ0n) is 24.9. The molecule has 1 saturated carbocycles. The number of anilines is 1. The van der Waals surface area contributed by atoms with E-state index in [0.29, 0.717) is 35.7 Å². The van der Waals surface area contributed by atoms with Crippen LogP contribution in [0.15, 0.2) is 36.4 Å². The van der Waals surface area contributed by atoms with Crippen molar-refractivity contribution in [1.82, 2.24) is 4.72 Å². The van der Waals surface area contributed by atoms with E-state index in [0.717, 1.165) is 74.5 Å². The van der Waals surface area contributed by atoms with Gasteiger partial charge in [0.25, 0.3) is 5.91 Å². The molecule has 2 heterocycles. The maximum absolute atomic E-state index is 13.5. The van der Waals surface area contributed by atoms with Gasteiger partial charge in [-0.1, -0.05) is 37.9 Å². The zero-order valence-corrected chi connectivity index (χ0v) is 26.5. The first-order valence-corrected chi connectivity index (χ1v) is 17.9. The number of carbonyl (C=O) groups excluding carboxylic acids is 1. The number of hydrogen-bond donors (Lipinski definition) is 2. The summed E-state index contributed by atoms with van der Waals surface area (Å²) in [7, 11) is -2.82. The number of aryl methyl sites for hydroxylation is 1. The molecule has 0 saturated heterocycles. The molecule has 2 N–H and O–H groups in total. The molecule has 0 aromatic heterocycles. The fourth-order valence-electron chi connectivity index (χ4n) is 8.04. The van der Waals surface area contributed by atoms with Crippen molar-refractivity contribution >= 4 is 38.8 Å². The summed E-state index contributed by atoms with van der Waals surface area (Å²) in [5, 5.41) is 11.2. The highest BCUT2D eigenvalue weighted by atomic mass is 35.5.